The number of anilines is 3. The van der Waals surface area contributed by atoms with Crippen LogP contribution in [-0.2, 0) is 0 Å². The van der Waals surface area contributed by atoms with Crippen LogP contribution < -0.4 is 10.6 Å². The van der Waals surface area contributed by atoms with Gasteiger partial charge >= 0.3 is 0 Å². The number of amides is 1. The van der Waals surface area contributed by atoms with Crippen molar-refractivity contribution < 1.29 is 4.79 Å². The molecule has 5 heteroatoms. The van der Waals surface area contributed by atoms with Gasteiger partial charge in [-0.05, 0) is 44.0 Å². The van der Waals surface area contributed by atoms with Crippen molar-refractivity contribution in [2.45, 2.75) is 20.8 Å². The molecule has 3 aromatic rings. The maximum absolute atomic E-state index is 12.5. The number of carbonyl (C=O) groups is 1. The van der Waals surface area contributed by atoms with E-state index in [-0.39, 0.29) is 5.91 Å². The van der Waals surface area contributed by atoms with Gasteiger partial charge in [-0.3, -0.25) is 4.79 Å². The molecular weight excluding hydrogens is 312 g/mol. The van der Waals surface area contributed by atoms with Crippen LogP contribution in [0, 0.1) is 20.8 Å². The van der Waals surface area contributed by atoms with E-state index < -0.39 is 0 Å². The first kappa shape index (κ1) is 16.6. The fourth-order valence-corrected chi connectivity index (χ4v) is 2.60. The fraction of sp³-hybridized carbons (Fsp3) is 0.150. The van der Waals surface area contributed by atoms with Gasteiger partial charge in [0.15, 0.2) is 0 Å². The third-order valence-corrected chi connectivity index (χ3v) is 3.84. The molecule has 0 atom stereocenters. The van der Waals surface area contributed by atoms with Gasteiger partial charge < -0.3 is 10.6 Å². The molecule has 0 fully saturated rings. The van der Waals surface area contributed by atoms with Gasteiger partial charge in [-0.1, -0.05) is 36.4 Å². The smallest absolute Gasteiger partial charge is 0.274 e. The quantitative estimate of drug-likeness (QED) is 0.743. The molecule has 2 N–H and O–H groups in total. The number of benzene rings is 2. The molecule has 0 spiro atoms. The van der Waals surface area contributed by atoms with Crippen LogP contribution >= 0.6 is 0 Å². The van der Waals surface area contributed by atoms with Crippen LogP contribution in [0.3, 0.4) is 0 Å². The van der Waals surface area contributed by atoms with Crippen molar-refractivity contribution in [3.05, 3.63) is 77.2 Å². The normalized spacial score (nSPS) is 10.4. The number of rotatable bonds is 4. The van der Waals surface area contributed by atoms with Gasteiger partial charge in [0, 0.05) is 17.4 Å². The number of aryl methyl sites for hydroxylation is 3. The largest absolute Gasteiger partial charge is 0.340 e. The average molecular weight is 332 g/mol. The second kappa shape index (κ2) is 7.13. The monoisotopic (exact) mass is 332 g/mol. The average Bonchev–Trinajstić information content (AvgIpc) is 2.59. The number of nitrogens with zero attached hydrogens (tertiary/aromatic N) is 2. The van der Waals surface area contributed by atoms with Crippen LogP contribution in [0.5, 0.6) is 0 Å². The van der Waals surface area contributed by atoms with E-state index in [1.54, 1.807) is 13.0 Å². The van der Waals surface area contributed by atoms with Gasteiger partial charge in [0.1, 0.15) is 17.3 Å². The summed E-state index contributed by atoms with van der Waals surface area (Å²) in [5, 5.41) is 6.15. The van der Waals surface area contributed by atoms with Crippen LogP contribution in [0.1, 0.15) is 27.4 Å². The number of hydrogen-bond donors (Lipinski definition) is 2. The molecule has 126 valence electrons. The molecule has 2 aromatic carbocycles. The summed E-state index contributed by atoms with van der Waals surface area (Å²) in [7, 11) is 0. The zero-order valence-electron chi connectivity index (χ0n) is 14.5. The predicted octanol–water partition coefficient (Wildman–Crippen LogP) is 4.40. The van der Waals surface area contributed by atoms with Crippen LogP contribution in [-0.4, -0.2) is 15.9 Å². The van der Waals surface area contributed by atoms with E-state index in [0.717, 1.165) is 22.5 Å². The molecule has 0 saturated heterocycles. The van der Waals surface area contributed by atoms with Gasteiger partial charge in [-0.15, -0.1) is 0 Å². The summed E-state index contributed by atoms with van der Waals surface area (Å²) in [5.41, 5.74) is 4.28. The van der Waals surface area contributed by atoms with E-state index in [1.165, 1.54) is 0 Å². The predicted molar refractivity (Wildman–Crippen MR) is 100 cm³/mol. The summed E-state index contributed by atoms with van der Waals surface area (Å²) in [6.07, 6.45) is 0. The Morgan fingerprint density at radius 3 is 2.24 bits per heavy atom. The highest BCUT2D eigenvalue weighted by Crippen LogP contribution is 2.23. The van der Waals surface area contributed by atoms with E-state index in [2.05, 4.69) is 20.6 Å². The standard InChI is InChI=1S/C20H20N4O/c1-13-8-7-9-14(2)19(13)24-18-12-17(21-15(3)22-18)20(25)23-16-10-5-4-6-11-16/h4-12H,1-3H3,(H,23,25)(H,21,22,24). The van der Waals surface area contributed by atoms with E-state index in [1.807, 2.05) is 62.4 Å². The molecule has 1 amide bonds. The SMILES string of the molecule is Cc1nc(Nc2c(C)cccc2C)cc(C(=O)Nc2ccccc2)n1. The van der Waals surface area contributed by atoms with Crippen LogP contribution in [0.2, 0.25) is 0 Å². The highest BCUT2D eigenvalue weighted by Gasteiger charge is 2.12. The molecule has 0 aliphatic rings. The van der Waals surface area contributed by atoms with Crippen molar-refractivity contribution in [2.75, 3.05) is 10.6 Å². The summed E-state index contributed by atoms with van der Waals surface area (Å²) < 4.78 is 0. The van der Waals surface area contributed by atoms with E-state index in [0.29, 0.717) is 17.3 Å². The minimum absolute atomic E-state index is 0.263. The summed E-state index contributed by atoms with van der Waals surface area (Å²) >= 11 is 0. The van der Waals surface area contributed by atoms with Gasteiger partial charge in [0.2, 0.25) is 0 Å². The first-order valence-electron chi connectivity index (χ1n) is 8.08. The van der Waals surface area contributed by atoms with Crippen molar-refractivity contribution in [3.8, 4) is 0 Å². The minimum Gasteiger partial charge on any atom is -0.340 e. The summed E-state index contributed by atoms with van der Waals surface area (Å²) in [4.78, 5) is 21.1. The molecule has 25 heavy (non-hydrogen) atoms. The zero-order chi connectivity index (χ0) is 17.8. The van der Waals surface area contributed by atoms with Gasteiger partial charge in [0.25, 0.3) is 5.91 Å². The molecule has 1 aromatic heterocycles. The highest BCUT2D eigenvalue weighted by atomic mass is 16.1. The van der Waals surface area contributed by atoms with E-state index in [9.17, 15) is 4.79 Å². The minimum atomic E-state index is -0.263. The Labute approximate surface area is 147 Å². The van der Waals surface area contributed by atoms with Crippen LogP contribution in [0.15, 0.2) is 54.6 Å². The molecule has 0 unspecified atom stereocenters. The third kappa shape index (κ3) is 4.01. The molecule has 5 nitrogen and oxygen atoms in total. The molecular formula is C20H20N4O. The maximum atomic E-state index is 12.5. The maximum Gasteiger partial charge on any atom is 0.274 e. The number of carbonyl (C=O) groups excluding carboxylic acids is 1. The Balaban J connectivity index is 1.87. The Bertz CT molecular complexity index is 887. The lowest BCUT2D eigenvalue weighted by Crippen LogP contribution is -2.15. The van der Waals surface area contributed by atoms with Gasteiger partial charge in [-0.25, -0.2) is 9.97 Å². The second-order valence-electron chi connectivity index (χ2n) is 5.90. The fourth-order valence-electron chi connectivity index (χ4n) is 2.60. The molecule has 3 rings (SSSR count). The zero-order valence-corrected chi connectivity index (χ0v) is 14.5. The molecule has 0 aliphatic heterocycles. The lowest BCUT2D eigenvalue weighted by molar-refractivity contribution is 0.102. The molecule has 0 bridgehead atoms. The van der Waals surface area contributed by atoms with Crippen molar-refractivity contribution in [3.63, 3.8) is 0 Å². The Morgan fingerprint density at radius 1 is 0.880 bits per heavy atom. The van der Waals surface area contributed by atoms with Gasteiger partial charge in [0.05, 0.1) is 0 Å². The number of para-hydroxylation sites is 2. The van der Waals surface area contributed by atoms with Crippen molar-refractivity contribution in [1.82, 2.24) is 9.97 Å². The lowest BCUT2D eigenvalue weighted by Gasteiger charge is -2.13. The van der Waals surface area contributed by atoms with E-state index in [4.69, 9.17) is 0 Å². The van der Waals surface area contributed by atoms with E-state index >= 15 is 0 Å². The Hall–Kier alpha value is -3.21. The van der Waals surface area contributed by atoms with Crippen molar-refractivity contribution in [1.29, 1.82) is 0 Å². The van der Waals surface area contributed by atoms with Crippen molar-refractivity contribution in [2.24, 2.45) is 0 Å². The lowest BCUT2D eigenvalue weighted by atomic mass is 10.1. The third-order valence-electron chi connectivity index (χ3n) is 3.84. The highest BCUT2D eigenvalue weighted by molar-refractivity contribution is 6.03. The Kier molecular flexibility index (Phi) is 4.75. The molecule has 0 aliphatic carbocycles. The summed E-state index contributed by atoms with van der Waals surface area (Å²) in [6.45, 7) is 5.84. The number of aromatic nitrogens is 2. The first-order valence-corrected chi connectivity index (χ1v) is 8.08. The molecule has 0 saturated carbocycles. The topological polar surface area (TPSA) is 66.9 Å². The summed E-state index contributed by atoms with van der Waals surface area (Å²) in [5.74, 6) is 0.874. The Morgan fingerprint density at radius 2 is 1.56 bits per heavy atom. The number of nitrogens with one attached hydrogen (secondary N) is 2. The second-order valence-corrected chi connectivity index (χ2v) is 5.90. The van der Waals surface area contributed by atoms with Crippen molar-refractivity contribution >= 4 is 23.1 Å². The van der Waals surface area contributed by atoms with Gasteiger partial charge in [-0.2, -0.15) is 0 Å². The number of hydrogen-bond acceptors (Lipinski definition) is 4. The van der Waals surface area contributed by atoms with Crippen LogP contribution in [0.25, 0.3) is 0 Å². The first-order chi connectivity index (χ1) is 12.0. The van der Waals surface area contributed by atoms with Crippen LogP contribution in [0.4, 0.5) is 17.2 Å². The summed E-state index contributed by atoms with van der Waals surface area (Å²) in [6, 6.07) is 17.1. The molecule has 1 heterocycles. The molecule has 0 radical (unpaired) electrons.